The van der Waals surface area contributed by atoms with Crippen molar-refractivity contribution in [3.63, 3.8) is 0 Å². The summed E-state index contributed by atoms with van der Waals surface area (Å²) in [5, 5.41) is 0. The van der Waals surface area contributed by atoms with Crippen molar-refractivity contribution in [3.8, 4) is 0 Å². The van der Waals surface area contributed by atoms with Crippen LogP contribution in [0.2, 0.25) is 0 Å². The highest BCUT2D eigenvalue weighted by atomic mass is 14.8. The third kappa shape index (κ3) is 1.26. The smallest absolute Gasteiger partial charge is 0.0194 e. The van der Waals surface area contributed by atoms with Crippen LogP contribution in [0.3, 0.4) is 0 Å². The van der Waals surface area contributed by atoms with E-state index < -0.39 is 0 Å². The van der Waals surface area contributed by atoms with Gasteiger partial charge in [-0.2, -0.15) is 0 Å². The van der Waals surface area contributed by atoms with E-state index in [1.54, 1.807) is 25.7 Å². The Labute approximate surface area is 164 Å². The molecule has 16 atom stereocenters. The third-order valence-corrected chi connectivity index (χ3v) is 13.1. The molecule has 0 amide bonds. The molecule has 0 heteroatoms. The number of allylic oxidation sites excluding steroid dienone is 4. The molecular formula is C27H34. The van der Waals surface area contributed by atoms with Crippen molar-refractivity contribution in [1.82, 2.24) is 0 Å². The van der Waals surface area contributed by atoms with E-state index in [2.05, 4.69) is 38.2 Å². The quantitative estimate of drug-likeness (QED) is 0.387. The Kier molecular flexibility index (Phi) is 2.16. The lowest BCUT2D eigenvalue weighted by Gasteiger charge is -2.45. The molecular weight excluding hydrogens is 324 g/mol. The zero-order valence-electron chi connectivity index (χ0n) is 16.9. The van der Waals surface area contributed by atoms with E-state index in [4.69, 9.17) is 0 Å². The molecule has 9 aliphatic rings. The standard InChI is InChI=1S/C27H34/c1-27(2)25-17-9-15(19-11-3-5-13(7-11)21(17)19)23(25)24-16-10-18(26(24)27)22-14-6-4-12(8-14)20(16)22/h3-6,11-26H,7-10H2,1-2H3. The fraction of sp³-hybridized carbons (Fsp3) is 0.852. The average molecular weight is 359 g/mol. The van der Waals surface area contributed by atoms with E-state index in [0.29, 0.717) is 5.41 Å². The molecule has 27 heavy (non-hydrogen) atoms. The van der Waals surface area contributed by atoms with E-state index >= 15 is 0 Å². The normalized spacial score (nSPS) is 73.7. The van der Waals surface area contributed by atoms with Gasteiger partial charge >= 0.3 is 0 Å². The number of hydrogen-bond acceptors (Lipinski definition) is 0. The SMILES string of the molecule is CC1(C)C2C3CC(C4C5C=CC(C5)C34)C2C2C3CC(C4C5C=CC(C5)C34)C21. The van der Waals surface area contributed by atoms with E-state index in [1.165, 1.54) is 0 Å². The molecule has 8 bridgehead atoms. The van der Waals surface area contributed by atoms with Gasteiger partial charge < -0.3 is 0 Å². The van der Waals surface area contributed by atoms with E-state index in [-0.39, 0.29) is 0 Å². The number of rotatable bonds is 0. The Hall–Kier alpha value is -0.520. The molecule has 0 nitrogen and oxygen atoms in total. The minimum Gasteiger partial charge on any atom is -0.0848 e. The Morgan fingerprint density at radius 3 is 1.26 bits per heavy atom. The molecule has 0 aliphatic heterocycles. The van der Waals surface area contributed by atoms with E-state index in [9.17, 15) is 0 Å². The second kappa shape index (κ2) is 4.04. The first-order valence-electron chi connectivity index (χ1n) is 12.5. The van der Waals surface area contributed by atoms with Gasteiger partial charge in [0, 0.05) is 0 Å². The van der Waals surface area contributed by atoms with Gasteiger partial charge in [-0.05, 0) is 126 Å². The second-order valence-corrected chi connectivity index (χ2v) is 13.4. The molecule has 7 saturated carbocycles. The van der Waals surface area contributed by atoms with Gasteiger partial charge in [0.05, 0.1) is 0 Å². The predicted molar refractivity (Wildman–Crippen MR) is 106 cm³/mol. The van der Waals surface area contributed by atoms with Gasteiger partial charge in [-0.1, -0.05) is 38.2 Å². The molecule has 16 unspecified atom stereocenters. The summed E-state index contributed by atoms with van der Waals surface area (Å²) in [6, 6.07) is 0. The molecule has 0 spiro atoms. The first kappa shape index (κ1) is 14.5. The van der Waals surface area contributed by atoms with Crippen LogP contribution in [0, 0.1) is 100 Å². The summed E-state index contributed by atoms with van der Waals surface area (Å²) in [5.74, 6) is 17.4. The molecule has 0 N–H and O–H groups in total. The first-order chi connectivity index (χ1) is 13.1. The molecule has 0 heterocycles. The van der Waals surface area contributed by atoms with Crippen molar-refractivity contribution in [2.45, 2.75) is 39.5 Å². The van der Waals surface area contributed by atoms with Gasteiger partial charge in [-0.15, -0.1) is 0 Å². The summed E-state index contributed by atoms with van der Waals surface area (Å²) in [7, 11) is 0. The molecule has 9 aliphatic carbocycles. The summed E-state index contributed by atoms with van der Waals surface area (Å²) in [6.07, 6.45) is 17.0. The minimum atomic E-state index is 0.640. The maximum Gasteiger partial charge on any atom is -0.0194 e. The monoisotopic (exact) mass is 358 g/mol. The van der Waals surface area contributed by atoms with Gasteiger partial charge in [-0.3, -0.25) is 0 Å². The summed E-state index contributed by atoms with van der Waals surface area (Å²) in [4.78, 5) is 0. The number of hydrogen-bond donors (Lipinski definition) is 0. The zero-order chi connectivity index (χ0) is 17.4. The lowest BCUT2D eigenvalue weighted by atomic mass is 9.59. The minimum absolute atomic E-state index is 0.640. The van der Waals surface area contributed by atoms with Crippen LogP contribution in [-0.2, 0) is 0 Å². The lowest BCUT2D eigenvalue weighted by molar-refractivity contribution is 0.0300. The molecule has 0 saturated heterocycles. The molecule has 0 radical (unpaired) electrons. The van der Waals surface area contributed by atoms with Crippen molar-refractivity contribution in [1.29, 1.82) is 0 Å². The van der Waals surface area contributed by atoms with Crippen LogP contribution >= 0.6 is 0 Å². The third-order valence-electron chi connectivity index (χ3n) is 13.1. The first-order valence-corrected chi connectivity index (χ1v) is 12.5. The molecule has 0 aromatic heterocycles. The summed E-state index contributed by atoms with van der Waals surface area (Å²) >= 11 is 0. The van der Waals surface area contributed by atoms with Crippen LogP contribution in [0.5, 0.6) is 0 Å². The molecule has 0 aromatic rings. The van der Waals surface area contributed by atoms with Gasteiger partial charge in [-0.25, -0.2) is 0 Å². The van der Waals surface area contributed by atoms with E-state index in [1.807, 2.05) is 0 Å². The van der Waals surface area contributed by atoms with Gasteiger partial charge in [0.25, 0.3) is 0 Å². The molecule has 9 rings (SSSR count). The van der Waals surface area contributed by atoms with Gasteiger partial charge in [0.2, 0.25) is 0 Å². The van der Waals surface area contributed by atoms with E-state index in [0.717, 1.165) is 94.7 Å². The summed E-state index contributed by atoms with van der Waals surface area (Å²) in [5.41, 5.74) is 0.640. The lowest BCUT2D eigenvalue weighted by Crippen LogP contribution is -2.41. The molecule has 142 valence electrons. The topological polar surface area (TPSA) is 0 Å². The van der Waals surface area contributed by atoms with Gasteiger partial charge in [0.1, 0.15) is 0 Å². The average Bonchev–Trinajstić information content (AvgIpc) is 3.46. The van der Waals surface area contributed by atoms with Crippen LogP contribution in [0.4, 0.5) is 0 Å². The largest absolute Gasteiger partial charge is 0.0848 e. The maximum absolute atomic E-state index is 2.77. The predicted octanol–water partition coefficient (Wildman–Crippen LogP) is 5.67. The van der Waals surface area contributed by atoms with Crippen LogP contribution in [0.15, 0.2) is 24.3 Å². The second-order valence-electron chi connectivity index (χ2n) is 13.4. The molecule has 0 aromatic carbocycles. The Bertz CT molecular complexity index is 750. The highest BCUT2D eigenvalue weighted by molar-refractivity contribution is 5.30. The Balaban J connectivity index is 1.19. The van der Waals surface area contributed by atoms with Crippen molar-refractivity contribution in [2.75, 3.05) is 0 Å². The van der Waals surface area contributed by atoms with Crippen molar-refractivity contribution < 1.29 is 0 Å². The maximum atomic E-state index is 2.77. The molecule has 7 fully saturated rings. The highest BCUT2D eigenvalue weighted by Gasteiger charge is 2.78. The summed E-state index contributed by atoms with van der Waals surface area (Å²) in [6.45, 7) is 5.54. The van der Waals surface area contributed by atoms with Crippen molar-refractivity contribution in [3.05, 3.63) is 24.3 Å². The Morgan fingerprint density at radius 1 is 0.481 bits per heavy atom. The number of fused-ring (bicyclic) bond motifs is 25. The fourth-order valence-electron chi connectivity index (χ4n) is 13.5. The van der Waals surface area contributed by atoms with Crippen molar-refractivity contribution in [2.24, 2.45) is 100 Å². The van der Waals surface area contributed by atoms with Crippen LogP contribution in [0.25, 0.3) is 0 Å². The van der Waals surface area contributed by atoms with Crippen LogP contribution in [0.1, 0.15) is 39.5 Å². The summed E-state index contributed by atoms with van der Waals surface area (Å²) < 4.78 is 0. The zero-order valence-corrected chi connectivity index (χ0v) is 16.9. The fourth-order valence-corrected chi connectivity index (χ4v) is 13.5. The van der Waals surface area contributed by atoms with Gasteiger partial charge in [0.15, 0.2) is 0 Å². The van der Waals surface area contributed by atoms with Crippen LogP contribution < -0.4 is 0 Å². The Morgan fingerprint density at radius 2 is 0.852 bits per heavy atom. The van der Waals surface area contributed by atoms with Crippen LogP contribution in [-0.4, -0.2) is 0 Å². The highest BCUT2D eigenvalue weighted by Crippen LogP contribution is 2.83. The van der Waals surface area contributed by atoms with Crippen molar-refractivity contribution >= 4 is 0 Å².